The molecule has 21 heteroatoms. The molecule has 0 aliphatic carbocycles. The number of hydrogen-bond donors (Lipinski definition) is 7. The van der Waals surface area contributed by atoms with Gasteiger partial charge in [-0.2, -0.15) is 29.1 Å². The maximum absolute atomic E-state index is 11.7. The number of rotatable bonds is 11. The van der Waals surface area contributed by atoms with Gasteiger partial charge in [0.2, 0.25) is 17.0 Å². The Labute approximate surface area is 278 Å². The van der Waals surface area contributed by atoms with Crippen molar-refractivity contribution in [2.24, 2.45) is 10.2 Å². The summed E-state index contributed by atoms with van der Waals surface area (Å²) in [6, 6.07) is 6.51. The van der Waals surface area contributed by atoms with E-state index in [1.807, 2.05) is 20.8 Å². The molecule has 0 bridgehead atoms. The van der Waals surface area contributed by atoms with Crippen molar-refractivity contribution >= 4 is 75.3 Å². The topological polar surface area (TPSA) is 306 Å². The van der Waals surface area contributed by atoms with Crippen LogP contribution in [-0.2, 0) is 5.41 Å². The number of anilines is 5. The van der Waals surface area contributed by atoms with E-state index >= 15 is 0 Å². The van der Waals surface area contributed by atoms with Gasteiger partial charge in [0.15, 0.2) is 11.5 Å². The van der Waals surface area contributed by atoms with Gasteiger partial charge >= 0.3 is 23.9 Å². The van der Waals surface area contributed by atoms with Crippen molar-refractivity contribution in [3.63, 3.8) is 0 Å². The lowest BCUT2D eigenvalue weighted by molar-refractivity contribution is 0.0676. The summed E-state index contributed by atoms with van der Waals surface area (Å²) in [6.45, 7) is 5.55. The van der Waals surface area contributed by atoms with Gasteiger partial charge in [0, 0.05) is 28.3 Å². The Kier molecular flexibility index (Phi) is 8.93. The largest absolute Gasteiger partial charge is 0.478 e. The van der Waals surface area contributed by atoms with E-state index in [4.69, 9.17) is 5.73 Å². The van der Waals surface area contributed by atoms with Crippen LogP contribution < -0.4 is 16.4 Å². The monoisotopic (exact) mass is 688 g/mol. The molecule has 5 rings (SSSR count). The molecule has 0 aliphatic rings. The number of aromatic carboxylic acids is 4. The van der Waals surface area contributed by atoms with Gasteiger partial charge in [-0.25, -0.2) is 24.2 Å². The lowest BCUT2D eigenvalue weighted by Gasteiger charge is -2.15. The van der Waals surface area contributed by atoms with Crippen LogP contribution in [-0.4, -0.2) is 78.4 Å². The Morgan fingerprint density at radius 2 is 1.22 bits per heavy atom. The van der Waals surface area contributed by atoms with E-state index in [-0.39, 0.29) is 68.1 Å². The standard InChI is InChI=1S/C28H24N12O8S/c1-28(2,3)18-17(37-38-27-30-10-31-49-27)19(29)40(39-18)26-35-24(32-15-6-11(20(41)42)4-12(7-15)21(43)44)34-25(36-26)33-16-8-13(22(45)46)5-14(9-16)23(47)48/h4-10H,29H2,1-3H3,(H,41,42)(H,43,44)(H,45,46)(H,47,48)(H2,32,33,34,35,36)/b38-37+. The first-order chi connectivity index (χ1) is 23.1. The average molecular weight is 689 g/mol. The second kappa shape index (κ2) is 13.1. The Morgan fingerprint density at radius 1 is 0.755 bits per heavy atom. The van der Waals surface area contributed by atoms with E-state index < -0.39 is 29.3 Å². The molecule has 250 valence electrons. The van der Waals surface area contributed by atoms with E-state index in [9.17, 15) is 39.6 Å². The number of nitrogens with two attached hydrogens (primary N) is 1. The highest BCUT2D eigenvalue weighted by atomic mass is 32.1. The van der Waals surface area contributed by atoms with E-state index in [0.717, 1.165) is 52.6 Å². The predicted octanol–water partition coefficient (Wildman–Crippen LogP) is 4.48. The van der Waals surface area contributed by atoms with Gasteiger partial charge < -0.3 is 36.8 Å². The first-order valence-corrected chi connectivity index (χ1v) is 14.5. The fraction of sp³-hybridized carbons (Fsp3) is 0.143. The molecule has 0 saturated heterocycles. The normalized spacial score (nSPS) is 11.4. The Balaban J connectivity index is 1.68. The van der Waals surface area contributed by atoms with Crippen molar-refractivity contribution in [3.8, 4) is 5.95 Å². The van der Waals surface area contributed by atoms with Gasteiger partial charge in [0.25, 0.3) is 5.95 Å². The lowest BCUT2D eigenvalue weighted by Crippen LogP contribution is -2.15. The SMILES string of the molecule is CC(C)(C)c1nn(-c2nc(Nc3cc(C(=O)O)cc(C(=O)O)c3)nc(Nc3cc(C(=O)O)cc(C(=O)O)c3)n2)c(N)c1/N=N/c1ncns1. The van der Waals surface area contributed by atoms with Crippen molar-refractivity contribution in [3.05, 3.63) is 70.7 Å². The van der Waals surface area contributed by atoms with Crippen molar-refractivity contribution in [1.29, 1.82) is 0 Å². The summed E-state index contributed by atoms with van der Waals surface area (Å²) in [5, 5.41) is 56.8. The number of aromatic nitrogens is 7. The number of hydrogen-bond acceptors (Lipinski definition) is 16. The van der Waals surface area contributed by atoms with Crippen LogP contribution in [0.25, 0.3) is 5.95 Å². The summed E-state index contributed by atoms with van der Waals surface area (Å²) >= 11 is 0.995. The molecular formula is C28H24N12O8S. The molecule has 20 nitrogen and oxygen atoms in total. The molecule has 0 aliphatic heterocycles. The van der Waals surface area contributed by atoms with E-state index in [2.05, 4.69) is 50.3 Å². The smallest absolute Gasteiger partial charge is 0.335 e. The highest BCUT2D eigenvalue weighted by molar-refractivity contribution is 7.09. The molecule has 5 aromatic rings. The Bertz CT molecular complexity index is 2000. The van der Waals surface area contributed by atoms with Gasteiger partial charge in [0.1, 0.15) is 6.33 Å². The molecule has 0 saturated carbocycles. The van der Waals surface area contributed by atoms with Gasteiger partial charge in [0.05, 0.1) is 27.9 Å². The van der Waals surface area contributed by atoms with Gasteiger partial charge in [-0.3, -0.25) is 0 Å². The maximum atomic E-state index is 11.7. The number of nitrogens with one attached hydrogen (secondary N) is 2. The predicted molar refractivity (Wildman–Crippen MR) is 171 cm³/mol. The van der Waals surface area contributed by atoms with Gasteiger partial charge in [-0.15, -0.1) is 10.2 Å². The molecule has 8 N–H and O–H groups in total. The minimum Gasteiger partial charge on any atom is -0.478 e. The van der Waals surface area contributed by atoms with Crippen molar-refractivity contribution in [2.45, 2.75) is 26.2 Å². The Morgan fingerprint density at radius 3 is 1.61 bits per heavy atom. The fourth-order valence-corrected chi connectivity index (χ4v) is 4.57. The summed E-state index contributed by atoms with van der Waals surface area (Å²) < 4.78 is 5.01. The van der Waals surface area contributed by atoms with Crippen molar-refractivity contribution < 1.29 is 39.6 Å². The summed E-state index contributed by atoms with van der Waals surface area (Å²) in [5.41, 5.74) is 4.94. The third kappa shape index (κ3) is 7.57. The number of carboxylic acid groups (broad SMARTS) is 4. The molecule has 3 aromatic heterocycles. The zero-order valence-electron chi connectivity index (χ0n) is 25.5. The first-order valence-electron chi connectivity index (χ1n) is 13.7. The number of nitrogen functional groups attached to an aromatic ring is 1. The van der Waals surface area contributed by atoms with Gasteiger partial charge in [-0.1, -0.05) is 20.8 Å². The van der Waals surface area contributed by atoms with Crippen LogP contribution in [0.1, 0.15) is 67.9 Å². The maximum Gasteiger partial charge on any atom is 0.335 e. The highest BCUT2D eigenvalue weighted by Crippen LogP contribution is 2.37. The van der Waals surface area contributed by atoms with E-state index in [1.54, 1.807) is 0 Å². The van der Waals surface area contributed by atoms with E-state index in [1.165, 1.54) is 6.33 Å². The zero-order chi connectivity index (χ0) is 35.6. The Hall–Kier alpha value is -6.90. The summed E-state index contributed by atoms with van der Waals surface area (Å²) in [7, 11) is 0. The minimum absolute atomic E-state index is 0.0307. The average Bonchev–Trinajstić information content (AvgIpc) is 3.67. The summed E-state index contributed by atoms with van der Waals surface area (Å²) in [5.74, 6) is -6.44. The first kappa shape index (κ1) is 33.5. The van der Waals surface area contributed by atoms with Crippen molar-refractivity contribution in [2.75, 3.05) is 16.4 Å². The zero-order valence-corrected chi connectivity index (χ0v) is 26.3. The van der Waals surface area contributed by atoms with Crippen LogP contribution in [0.3, 0.4) is 0 Å². The minimum atomic E-state index is -1.40. The number of carbonyl (C=O) groups is 4. The van der Waals surface area contributed by atoms with Crippen LogP contribution in [0.2, 0.25) is 0 Å². The van der Waals surface area contributed by atoms with Crippen LogP contribution in [0.5, 0.6) is 0 Å². The molecule has 3 heterocycles. The molecule has 0 radical (unpaired) electrons. The highest BCUT2D eigenvalue weighted by Gasteiger charge is 2.28. The third-order valence-electron chi connectivity index (χ3n) is 6.37. The van der Waals surface area contributed by atoms with Crippen molar-refractivity contribution in [1.82, 2.24) is 34.1 Å². The van der Waals surface area contributed by atoms with Crippen LogP contribution >= 0.6 is 11.5 Å². The number of azo groups is 1. The number of carboxylic acids is 4. The van der Waals surface area contributed by atoms with Crippen LogP contribution in [0.15, 0.2) is 53.0 Å². The van der Waals surface area contributed by atoms with Gasteiger partial charge in [-0.05, 0) is 36.4 Å². The molecule has 2 aromatic carbocycles. The summed E-state index contributed by atoms with van der Waals surface area (Å²) in [4.78, 5) is 63.8. The van der Waals surface area contributed by atoms with Crippen LogP contribution in [0, 0.1) is 0 Å². The molecule has 0 amide bonds. The quantitative estimate of drug-likeness (QED) is 0.0940. The molecular weight excluding hydrogens is 664 g/mol. The fourth-order valence-electron chi connectivity index (χ4n) is 4.21. The molecule has 0 fully saturated rings. The third-order valence-corrected chi connectivity index (χ3v) is 6.92. The lowest BCUT2D eigenvalue weighted by atomic mass is 9.91. The van der Waals surface area contributed by atoms with Crippen LogP contribution in [0.4, 0.5) is 39.9 Å². The second-order valence-corrected chi connectivity index (χ2v) is 11.8. The molecule has 49 heavy (non-hydrogen) atoms. The molecule has 0 atom stereocenters. The van der Waals surface area contributed by atoms with E-state index in [0.29, 0.717) is 5.69 Å². The summed E-state index contributed by atoms with van der Waals surface area (Å²) in [6.07, 6.45) is 1.31. The number of nitrogens with zero attached hydrogens (tertiary/aromatic N) is 9. The second-order valence-electron chi connectivity index (χ2n) is 11.0. The molecule has 0 unspecified atom stereocenters. The molecule has 0 spiro atoms. The number of benzene rings is 2.